The van der Waals surface area contributed by atoms with Crippen LogP contribution in [0.4, 0.5) is 0 Å². The predicted octanol–water partition coefficient (Wildman–Crippen LogP) is 9.99. The van der Waals surface area contributed by atoms with E-state index in [1.54, 1.807) is 0 Å². The molecule has 0 N–H and O–H groups in total. The van der Waals surface area contributed by atoms with E-state index in [2.05, 4.69) is 82.7 Å². The van der Waals surface area contributed by atoms with Gasteiger partial charge in [-0.25, -0.2) is 0 Å². The maximum atomic E-state index is 4.39. The molecule has 0 radical (unpaired) electrons. The van der Waals surface area contributed by atoms with Gasteiger partial charge in [0.05, 0.1) is 0 Å². The first kappa shape index (κ1) is 30.2. The highest BCUT2D eigenvalue weighted by atomic mass is 32.1. The van der Waals surface area contributed by atoms with E-state index in [0.717, 1.165) is 24.5 Å². The van der Waals surface area contributed by atoms with E-state index < -0.39 is 0 Å². The Kier molecular flexibility index (Phi) is 14.8. The maximum Gasteiger partial charge on any atom is 0.0459 e. The molecule has 0 atom stereocenters. The van der Waals surface area contributed by atoms with Gasteiger partial charge in [0.1, 0.15) is 0 Å². The van der Waals surface area contributed by atoms with E-state index >= 15 is 0 Å². The SMILES string of the molecule is C=C1c2cc(CC)sc2C(c2ccncc2CCC2CC2)=CN1C.CC.CCCC.CCCC. The van der Waals surface area contributed by atoms with Gasteiger partial charge in [-0.1, -0.05) is 93.6 Å². The van der Waals surface area contributed by atoms with Gasteiger partial charge in [0.25, 0.3) is 0 Å². The molecule has 0 unspecified atom stereocenters. The summed E-state index contributed by atoms with van der Waals surface area (Å²) in [6.07, 6.45) is 17.8. The minimum absolute atomic E-state index is 0.949. The minimum atomic E-state index is 0.949. The number of nitrogens with zero attached hydrogens (tertiary/aromatic N) is 2. The first-order valence-corrected chi connectivity index (χ1v) is 14.5. The van der Waals surface area contributed by atoms with Crippen molar-refractivity contribution in [1.82, 2.24) is 9.88 Å². The molecule has 190 valence electrons. The Hall–Kier alpha value is -1.87. The van der Waals surface area contributed by atoms with Crippen molar-refractivity contribution < 1.29 is 0 Å². The van der Waals surface area contributed by atoms with Crippen molar-refractivity contribution in [3.05, 3.63) is 63.7 Å². The van der Waals surface area contributed by atoms with Crippen molar-refractivity contribution >= 4 is 22.6 Å². The molecule has 4 rings (SSSR count). The second kappa shape index (κ2) is 16.7. The van der Waals surface area contributed by atoms with Crippen molar-refractivity contribution in [2.75, 3.05) is 7.05 Å². The molecule has 2 aliphatic rings. The first-order valence-electron chi connectivity index (χ1n) is 13.7. The Morgan fingerprint density at radius 3 is 2.15 bits per heavy atom. The van der Waals surface area contributed by atoms with E-state index in [1.165, 1.54) is 77.0 Å². The zero-order chi connectivity index (χ0) is 25.5. The number of pyridine rings is 1. The minimum Gasteiger partial charge on any atom is -0.350 e. The fourth-order valence-electron chi connectivity index (χ4n) is 3.40. The van der Waals surface area contributed by atoms with Crippen LogP contribution in [0.3, 0.4) is 0 Å². The van der Waals surface area contributed by atoms with Gasteiger partial charge in [-0.15, -0.1) is 11.3 Å². The highest BCUT2D eigenvalue weighted by molar-refractivity contribution is 7.13. The molecule has 0 amide bonds. The van der Waals surface area contributed by atoms with Gasteiger partial charge in [-0.05, 0) is 48.4 Å². The average molecular weight is 483 g/mol. The van der Waals surface area contributed by atoms with Gasteiger partial charge in [0.2, 0.25) is 0 Å². The highest BCUT2D eigenvalue weighted by Crippen LogP contribution is 2.42. The molecule has 0 spiro atoms. The fourth-order valence-corrected chi connectivity index (χ4v) is 4.54. The van der Waals surface area contributed by atoms with Gasteiger partial charge >= 0.3 is 0 Å². The van der Waals surface area contributed by atoms with Crippen LogP contribution in [-0.4, -0.2) is 16.9 Å². The predicted molar refractivity (Wildman–Crippen MR) is 155 cm³/mol. The Bertz CT molecular complexity index is 865. The molecule has 34 heavy (non-hydrogen) atoms. The summed E-state index contributed by atoms with van der Waals surface area (Å²) in [6.45, 7) is 19.2. The zero-order valence-electron chi connectivity index (χ0n) is 23.3. The Morgan fingerprint density at radius 1 is 1.00 bits per heavy atom. The lowest BCUT2D eigenvalue weighted by atomic mass is 9.93. The Balaban J connectivity index is 0.000000498. The summed E-state index contributed by atoms with van der Waals surface area (Å²) >= 11 is 1.91. The smallest absolute Gasteiger partial charge is 0.0459 e. The van der Waals surface area contributed by atoms with E-state index in [4.69, 9.17) is 0 Å². The maximum absolute atomic E-state index is 4.39. The Morgan fingerprint density at radius 2 is 1.62 bits per heavy atom. The summed E-state index contributed by atoms with van der Waals surface area (Å²) in [5, 5.41) is 0. The molecule has 2 nitrogen and oxygen atoms in total. The second-order valence-corrected chi connectivity index (χ2v) is 10.1. The summed E-state index contributed by atoms with van der Waals surface area (Å²) in [7, 11) is 2.10. The molecule has 2 aromatic rings. The quantitative estimate of drug-likeness (QED) is 0.390. The molecular weight excluding hydrogens is 432 g/mol. The van der Waals surface area contributed by atoms with E-state index in [1.807, 2.05) is 31.4 Å². The number of rotatable bonds is 7. The van der Waals surface area contributed by atoms with Crippen molar-refractivity contribution in [2.45, 2.75) is 106 Å². The number of fused-ring (bicyclic) bond motifs is 1. The summed E-state index contributed by atoms with van der Waals surface area (Å²) in [5.74, 6) is 0.949. The molecule has 2 aromatic heterocycles. The van der Waals surface area contributed by atoms with Crippen LogP contribution < -0.4 is 0 Å². The number of hydrogen-bond donors (Lipinski definition) is 0. The van der Waals surface area contributed by atoms with Crippen molar-refractivity contribution in [2.24, 2.45) is 5.92 Å². The average Bonchev–Trinajstić information content (AvgIpc) is 3.62. The molecule has 3 heterocycles. The molecule has 0 bridgehead atoms. The van der Waals surface area contributed by atoms with Gasteiger partial charge < -0.3 is 4.90 Å². The number of aryl methyl sites for hydroxylation is 2. The molecule has 0 saturated heterocycles. The molecule has 3 heteroatoms. The van der Waals surface area contributed by atoms with E-state index in [9.17, 15) is 0 Å². The van der Waals surface area contributed by atoms with Crippen LogP contribution in [0.5, 0.6) is 0 Å². The number of hydrogen-bond acceptors (Lipinski definition) is 3. The normalized spacial score (nSPS) is 13.9. The Labute approximate surface area is 215 Å². The molecule has 1 aliphatic heterocycles. The lowest BCUT2D eigenvalue weighted by Gasteiger charge is -2.26. The summed E-state index contributed by atoms with van der Waals surface area (Å²) in [4.78, 5) is 9.35. The largest absolute Gasteiger partial charge is 0.350 e. The summed E-state index contributed by atoms with van der Waals surface area (Å²) < 4.78 is 0. The first-order chi connectivity index (χ1) is 16.5. The van der Waals surface area contributed by atoms with Crippen LogP contribution in [-0.2, 0) is 12.8 Å². The van der Waals surface area contributed by atoms with Gasteiger partial charge in [0, 0.05) is 52.2 Å². The third-order valence-corrected chi connectivity index (χ3v) is 7.46. The third kappa shape index (κ3) is 9.06. The molecule has 1 saturated carbocycles. The monoisotopic (exact) mass is 482 g/mol. The molecular formula is C31H50N2S. The summed E-state index contributed by atoms with van der Waals surface area (Å²) in [6, 6.07) is 4.50. The van der Waals surface area contributed by atoms with Crippen LogP contribution >= 0.6 is 11.3 Å². The van der Waals surface area contributed by atoms with Gasteiger partial charge in [-0.3, -0.25) is 4.98 Å². The van der Waals surface area contributed by atoms with Crippen LogP contribution in [0, 0.1) is 5.92 Å². The van der Waals surface area contributed by atoms with Crippen molar-refractivity contribution in [3.8, 4) is 0 Å². The lowest BCUT2D eigenvalue weighted by molar-refractivity contribution is 0.654. The number of unbranched alkanes of at least 4 members (excludes halogenated alkanes) is 2. The second-order valence-electron chi connectivity index (χ2n) is 8.92. The van der Waals surface area contributed by atoms with Crippen LogP contribution in [0.2, 0.25) is 0 Å². The summed E-state index contributed by atoms with van der Waals surface area (Å²) in [5.41, 5.74) is 6.45. The topological polar surface area (TPSA) is 16.1 Å². The lowest BCUT2D eigenvalue weighted by Crippen LogP contribution is -2.15. The number of thiophene rings is 1. The van der Waals surface area contributed by atoms with Crippen LogP contribution in [0.1, 0.15) is 120 Å². The van der Waals surface area contributed by atoms with Gasteiger partial charge in [-0.2, -0.15) is 0 Å². The van der Waals surface area contributed by atoms with Crippen LogP contribution in [0.25, 0.3) is 11.3 Å². The third-order valence-electron chi connectivity index (χ3n) is 6.15. The van der Waals surface area contributed by atoms with E-state index in [0.29, 0.717) is 0 Å². The van der Waals surface area contributed by atoms with E-state index in [-0.39, 0.29) is 0 Å². The molecule has 1 aliphatic carbocycles. The molecule has 1 fully saturated rings. The van der Waals surface area contributed by atoms with Crippen molar-refractivity contribution in [3.63, 3.8) is 0 Å². The zero-order valence-corrected chi connectivity index (χ0v) is 24.2. The molecule has 0 aromatic carbocycles. The standard InChI is InChI=1S/C21H24N2S.2C4H10.C2H6/c1-4-17-11-19-14(2)23(3)13-20(21(19)24-17)18-9-10-22-12-16(18)8-7-15-5-6-15;2*1-3-4-2;1-2/h9-13,15H,2,4-8H2,1,3H3;2*3-4H2,1-2H3;1-2H3. The fraction of sp³-hybridized carbons (Fsp3) is 0.581. The highest BCUT2D eigenvalue weighted by Gasteiger charge is 2.25. The van der Waals surface area contributed by atoms with Crippen molar-refractivity contribution in [1.29, 1.82) is 0 Å². The van der Waals surface area contributed by atoms with Crippen LogP contribution in [0.15, 0.2) is 37.3 Å². The number of aromatic nitrogens is 1. The van der Waals surface area contributed by atoms with Gasteiger partial charge in [0.15, 0.2) is 0 Å².